The molecule has 1 N–H and O–H groups in total. The number of ether oxygens (including phenoxy) is 3. The zero-order chi connectivity index (χ0) is 34.4. The van der Waals surface area contributed by atoms with Crippen molar-refractivity contribution >= 4 is 17.7 Å². The zero-order valence-electron chi connectivity index (χ0n) is 27.9. The molecule has 0 radical (unpaired) electrons. The van der Waals surface area contributed by atoms with Gasteiger partial charge in [0.15, 0.2) is 0 Å². The fourth-order valence-corrected chi connectivity index (χ4v) is 7.05. The smallest absolute Gasteiger partial charge is 0.261 e. The summed E-state index contributed by atoms with van der Waals surface area (Å²) >= 11 is 0. The van der Waals surface area contributed by atoms with Crippen LogP contribution in [0.2, 0.25) is 0 Å². The number of imide groups is 1. The average Bonchev–Trinajstić information content (AvgIpc) is 3.65. The van der Waals surface area contributed by atoms with E-state index in [1.807, 2.05) is 78.9 Å². The Labute approximate surface area is 287 Å². The van der Waals surface area contributed by atoms with Gasteiger partial charge in [-0.2, -0.15) is 0 Å². The summed E-state index contributed by atoms with van der Waals surface area (Å²) < 4.78 is 18.0. The maximum absolute atomic E-state index is 14.1. The predicted octanol–water partition coefficient (Wildman–Crippen LogP) is 5.98. The number of aliphatic hydroxyl groups excluding tert-OH is 1. The van der Waals surface area contributed by atoms with E-state index in [1.54, 1.807) is 43.4 Å². The lowest BCUT2D eigenvalue weighted by atomic mass is 9.78. The van der Waals surface area contributed by atoms with Gasteiger partial charge in [-0.05, 0) is 72.4 Å². The lowest BCUT2D eigenvalue weighted by Crippen LogP contribution is -2.52. The Morgan fingerprint density at radius 3 is 1.86 bits per heavy atom. The van der Waals surface area contributed by atoms with E-state index in [1.165, 1.54) is 4.90 Å². The molecule has 6 rings (SSSR count). The summed E-state index contributed by atoms with van der Waals surface area (Å²) in [5.41, 5.74) is 2.36. The highest BCUT2D eigenvalue weighted by molar-refractivity contribution is 6.21. The number of fused-ring (bicyclic) bond motifs is 1. The number of unbranched alkanes of at least 4 members (excludes halogenated alkanes) is 2. The lowest BCUT2D eigenvalue weighted by molar-refractivity contribution is -0.141. The molecule has 1 fully saturated rings. The van der Waals surface area contributed by atoms with Crippen LogP contribution < -0.4 is 9.47 Å². The SMILES string of the molecule is COc1ccc(C(OCc2ccccc2)(c2ccc(OC)cc2)C2CC(O)CN2C(=O)CCCCCN2C(=O)c3ccccc3C2=O)cc1. The van der Waals surface area contributed by atoms with Gasteiger partial charge in [0.25, 0.3) is 11.8 Å². The second kappa shape index (κ2) is 15.1. The largest absolute Gasteiger partial charge is 0.497 e. The number of hydrogen-bond donors (Lipinski definition) is 1. The quantitative estimate of drug-likeness (QED) is 0.131. The number of methoxy groups -OCH3 is 2. The molecule has 9 nitrogen and oxygen atoms in total. The molecule has 0 spiro atoms. The van der Waals surface area contributed by atoms with Crippen molar-refractivity contribution in [2.75, 3.05) is 27.3 Å². The molecule has 4 aromatic rings. The topological polar surface area (TPSA) is 106 Å². The molecule has 0 aliphatic carbocycles. The molecule has 0 saturated carbocycles. The lowest BCUT2D eigenvalue weighted by Gasteiger charge is -2.44. The average molecular weight is 663 g/mol. The van der Waals surface area contributed by atoms with Crippen LogP contribution in [0.5, 0.6) is 11.5 Å². The normalized spacial score (nSPS) is 17.4. The van der Waals surface area contributed by atoms with E-state index in [9.17, 15) is 19.5 Å². The predicted molar refractivity (Wildman–Crippen MR) is 184 cm³/mol. The summed E-state index contributed by atoms with van der Waals surface area (Å²) in [4.78, 5) is 42.6. The number of hydrogen-bond acceptors (Lipinski definition) is 7. The summed E-state index contributed by atoms with van der Waals surface area (Å²) in [6, 6.07) is 31.6. The van der Waals surface area contributed by atoms with Crippen LogP contribution in [0, 0.1) is 0 Å². The van der Waals surface area contributed by atoms with Crippen LogP contribution in [0.4, 0.5) is 0 Å². The molecule has 2 heterocycles. The Morgan fingerprint density at radius 2 is 1.31 bits per heavy atom. The van der Waals surface area contributed by atoms with Gasteiger partial charge in [0, 0.05) is 19.5 Å². The number of nitrogens with zero attached hydrogens (tertiary/aromatic N) is 2. The van der Waals surface area contributed by atoms with Crippen molar-refractivity contribution in [2.45, 2.75) is 56.5 Å². The Bertz CT molecular complexity index is 1680. The molecule has 2 aliphatic heterocycles. The Morgan fingerprint density at radius 1 is 0.755 bits per heavy atom. The molecular weight excluding hydrogens is 620 g/mol. The van der Waals surface area contributed by atoms with Gasteiger partial charge in [0.2, 0.25) is 5.91 Å². The third-order valence-electron chi connectivity index (χ3n) is 9.57. The van der Waals surface area contributed by atoms with E-state index < -0.39 is 17.7 Å². The molecule has 3 amide bonds. The number of benzene rings is 4. The second-order valence-corrected chi connectivity index (χ2v) is 12.5. The van der Waals surface area contributed by atoms with Gasteiger partial charge in [-0.15, -0.1) is 0 Å². The maximum Gasteiger partial charge on any atom is 0.261 e. The maximum atomic E-state index is 14.1. The molecule has 9 heteroatoms. The van der Waals surface area contributed by atoms with Crippen LogP contribution in [0.25, 0.3) is 0 Å². The van der Waals surface area contributed by atoms with Crippen molar-refractivity contribution in [3.8, 4) is 11.5 Å². The first-order valence-electron chi connectivity index (χ1n) is 16.8. The van der Waals surface area contributed by atoms with Crippen LogP contribution in [0.3, 0.4) is 0 Å². The third kappa shape index (κ3) is 6.95. The number of rotatable bonds is 14. The third-order valence-corrected chi connectivity index (χ3v) is 9.57. The van der Waals surface area contributed by atoms with Gasteiger partial charge in [-0.25, -0.2) is 0 Å². The minimum atomic E-state index is -1.15. The van der Waals surface area contributed by atoms with Crippen LogP contribution in [0.15, 0.2) is 103 Å². The van der Waals surface area contributed by atoms with E-state index in [2.05, 4.69) is 0 Å². The monoisotopic (exact) mass is 662 g/mol. The Kier molecular flexibility index (Phi) is 10.4. The summed E-state index contributed by atoms with van der Waals surface area (Å²) in [7, 11) is 3.23. The number of β-amino-alcohol motifs (C(OH)–C–C–N with tert-alkyl or cyclic N) is 1. The van der Waals surface area contributed by atoms with Gasteiger partial charge >= 0.3 is 0 Å². The standard InChI is InChI=1S/C40H42N2O7/c1-47-32-20-16-29(17-21-32)40(30-18-22-33(48-2)23-19-30,49-27-28-11-5-3-6-12-28)36-25-31(43)26-42(36)37(44)15-7-4-10-24-41-38(45)34-13-8-9-14-35(34)39(41)46/h3,5-6,8-9,11-14,16-23,31,36,43H,4,7,10,15,24-27H2,1-2H3. The summed E-state index contributed by atoms with van der Waals surface area (Å²) in [5, 5.41) is 11.1. The van der Waals surface area contributed by atoms with Crippen molar-refractivity contribution in [2.24, 2.45) is 0 Å². The minimum Gasteiger partial charge on any atom is -0.497 e. The van der Waals surface area contributed by atoms with Gasteiger partial charge in [-0.1, -0.05) is 73.2 Å². The number of amides is 3. The fraction of sp³-hybridized carbons (Fsp3) is 0.325. The van der Waals surface area contributed by atoms with E-state index in [0.29, 0.717) is 54.9 Å². The molecule has 0 aromatic heterocycles. The molecule has 2 unspecified atom stereocenters. The molecule has 2 atom stereocenters. The van der Waals surface area contributed by atoms with Crippen molar-refractivity contribution in [3.05, 3.63) is 131 Å². The van der Waals surface area contributed by atoms with Gasteiger partial charge < -0.3 is 24.2 Å². The van der Waals surface area contributed by atoms with E-state index >= 15 is 0 Å². The molecule has 254 valence electrons. The zero-order valence-corrected chi connectivity index (χ0v) is 27.9. The number of likely N-dealkylation sites (tertiary alicyclic amines) is 1. The van der Waals surface area contributed by atoms with Crippen LogP contribution in [-0.2, 0) is 21.7 Å². The second-order valence-electron chi connectivity index (χ2n) is 12.5. The Hall–Kier alpha value is -4.99. The first kappa shape index (κ1) is 33.9. The van der Waals surface area contributed by atoms with Crippen LogP contribution >= 0.6 is 0 Å². The van der Waals surface area contributed by atoms with Crippen LogP contribution in [-0.4, -0.2) is 72.1 Å². The van der Waals surface area contributed by atoms with Crippen molar-refractivity contribution < 1.29 is 33.7 Å². The first-order valence-corrected chi connectivity index (χ1v) is 16.8. The van der Waals surface area contributed by atoms with Crippen molar-refractivity contribution in [1.82, 2.24) is 9.80 Å². The van der Waals surface area contributed by atoms with Crippen LogP contribution in [0.1, 0.15) is 69.5 Å². The molecular formula is C40H42N2O7. The Balaban J connectivity index is 1.24. The molecule has 0 bridgehead atoms. The fourth-order valence-electron chi connectivity index (χ4n) is 7.05. The van der Waals surface area contributed by atoms with E-state index in [-0.39, 0.29) is 37.3 Å². The van der Waals surface area contributed by atoms with Crippen molar-refractivity contribution in [3.63, 3.8) is 0 Å². The van der Waals surface area contributed by atoms with Crippen molar-refractivity contribution in [1.29, 1.82) is 0 Å². The highest BCUT2D eigenvalue weighted by Gasteiger charge is 2.51. The van der Waals surface area contributed by atoms with Gasteiger partial charge in [-0.3, -0.25) is 19.3 Å². The highest BCUT2D eigenvalue weighted by atomic mass is 16.5. The number of aliphatic hydroxyl groups is 1. The van der Waals surface area contributed by atoms with Gasteiger partial charge in [0.1, 0.15) is 17.1 Å². The molecule has 2 aliphatic rings. The van der Waals surface area contributed by atoms with E-state index in [4.69, 9.17) is 14.2 Å². The number of carbonyl (C=O) groups is 3. The molecule has 49 heavy (non-hydrogen) atoms. The summed E-state index contributed by atoms with van der Waals surface area (Å²) in [6.45, 7) is 0.754. The van der Waals surface area contributed by atoms with E-state index in [0.717, 1.165) is 16.7 Å². The summed E-state index contributed by atoms with van der Waals surface area (Å²) in [6.07, 6.45) is 1.66. The van der Waals surface area contributed by atoms with Gasteiger partial charge in [0.05, 0.1) is 44.1 Å². The summed E-state index contributed by atoms with van der Waals surface area (Å²) in [5.74, 6) is 0.757. The highest BCUT2D eigenvalue weighted by Crippen LogP contribution is 2.45. The minimum absolute atomic E-state index is 0.0861. The molecule has 1 saturated heterocycles. The first-order chi connectivity index (χ1) is 23.8. The molecule has 4 aromatic carbocycles. The number of carbonyl (C=O) groups excluding carboxylic acids is 3.